The first-order valence-corrected chi connectivity index (χ1v) is 8.76. The zero-order valence-electron chi connectivity index (χ0n) is 16.3. The van der Waals surface area contributed by atoms with Gasteiger partial charge < -0.3 is 10.1 Å². The summed E-state index contributed by atoms with van der Waals surface area (Å²) in [6.07, 6.45) is 1.90. The van der Waals surface area contributed by atoms with Gasteiger partial charge in [0.2, 0.25) is 11.8 Å². The largest absolute Gasteiger partial charge is 0.375 e. The van der Waals surface area contributed by atoms with Crippen molar-refractivity contribution in [2.75, 3.05) is 20.2 Å². The number of imide groups is 1. The van der Waals surface area contributed by atoms with Gasteiger partial charge in [-0.1, -0.05) is 20.8 Å². The first-order chi connectivity index (χ1) is 10.6. The number of carbonyl (C=O) groups is 2. The molecule has 0 bridgehead atoms. The van der Waals surface area contributed by atoms with E-state index in [0.717, 1.165) is 13.0 Å². The Labute approximate surface area is 142 Å². The molecular weight excluding hydrogens is 292 g/mol. The van der Waals surface area contributed by atoms with Gasteiger partial charge in [0, 0.05) is 24.5 Å². The minimum absolute atomic E-state index is 0.0561. The van der Waals surface area contributed by atoms with Crippen LogP contribution < -0.4 is 5.32 Å². The fourth-order valence-corrected chi connectivity index (χ4v) is 2.61. The highest BCUT2D eigenvalue weighted by atomic mass is 16.5. The second kappa shape index (κ2) is 9.38. The Morgan fingerprint density at radius 2 is 1.74 bits per heavy atom. The summed E-state index contributed by atoms with van der Waals surface area (Å²) >= 11 is 0. The van der Waals surface area contributed by atoms with E-state index in [0.29, 0.717) is 19.4 Å². The fraction of sp³-hybridized carbons (Fsp3) is 0.889. The van der Waals surface area contributed by atoms with Crippen LogP contribution in [0.3, 0.4) is 0 Å². The summed E-state index contributed by atoms with van der Waals surface area (Å²) in [5.41, 5.74) is -0.691. The van der Waals surface area contributed by atoms with Crippen LogP contribution in [0.4, 0.5) is 0 Å². The summed E-state index contributed by atoms with van der Waals surface area (Å²) in [6.45, 7) is 15.2. The van der Waals surface area contributed by atoms with Gasteiger partial charge in [0.15, 0.2) is 0 Å². The predicted octanol–water partition coefficient (Wildman–Crippen LogP) is 2.98. The minimum Gasteiger partial charge on any atom is -0.375 e. The molecule has 0 aliphatic carbocycles. The van der Waals surface area contributed by atoms with Crippen molar-refractivity contribution in [1.82, 2.24) is 10.2 Å². The molecule has 1 atom stereocenters. The van der Waals surface area contributed by atoms with Gasteiger partial charge in [0.25, 0.3) is 0 Å². The lowest BCUT2D eigenvalue weighted by atomic mass is 9.98. The second-order valence-corrected chi connectivity index (χ2v) is 7.20. The molecule has 1 saturated heterocycles. The van der Waals surface area contributed by atoms with Crippen molar-refractivity contribution in [3.63, 3.8) is 0 Å². The van der Waals surface area contributed by atoms with Crippen LogP contribution in [0.2, 0.25) is 0 Å². The molecule has 1 fully saturated rings. The van der Waals surface area contributed by atoms with Gasteiger partial charge in [0.1, 0.15) is 0 Å². The van der Waals surface area contributed by atoms with E-state index in [1.54, 1.807) is 0 Å². The van der Waals surface area contributed by atoms with E-state index in [2.05, 4.69) is 19.2 Å². The number of carbonyl (C=O) groups excluding carboxylic acids is 2. The Morgan fingerprint density at radius 1 is 1.17 bits per heavy atom. The SMILES string of the molecule is CC.CNCCC(C)(C)OCCC(C)(C)N1C(=O)CC(C)C1=O. The summed E-state index contributed by atoms with van der Waals surface area (Å²) in [7, 11) is 1.92. The maximum absolute atomic E-state index is 12.1. The lowest BCUT2D eigenvalue weighted by Gasteiger charge is -2.35. The summed E-state index contributed by atoms with van der Waals surface area (Å²) in [6, 6.07) is 0. The zero-order valence-corrected chi connectivity index (χ0v) is 16.3. The highest BCUT2D eigenvalue weighted by molar-refractivity contribution is 6.04. The van der Waals surface area contributed by atoms with Crippen molar-refractivity contribution in [1.29, 1.82) is 0 Å². The van der Waals surface area contributed by atoms with Gasteiger partial charge in [0.05, 0.1) is 5.60 Å². The highest BCUT2D eigenvalue weighted by Crippen LogP contribution is 2.30. The van der Waals surface area contributed by atoms with Crippen molar-refractivity contribution < 1.29 is 14.3 Å². The topological polar surface area (TPSA) is 58.6 Å². The third-order valence-corrected chi connectivity index (χ3v) is 4.16. The van der Waals surface area contributed by atoms with Crippen LogP contribution >= 0.6 is 0 Å². The fourth-order valence-electron chi connectivity index (χ4n) is 2.61. The Kier molecular flexibility index (Phi) is 9.00. The smallest absolute Gasteiger partial charge is 0.233 e. The number of hydrogen-bond acceptors (Lipinski definition) is 4. The van der Waals surface area contributed by atoms with Gasteiger partial charge in [-0.3, -0.25) is 14.5 Å². The van der Waals surface area contributed by atoms with Crippen LogP contribution in [0.15, 0.2) is 0 Å². The number of likely N-dealkylation sites (tertiary alicyclic amines) is 1. The Morgan fingerprint density at radius 3 is 2.17 bits per heavy atom. The van der Waals surface area contributed by atoms with Gasteiger partial charge in [-0.05, 0) is 54.1 Å². The van der Waals surface area contributed by atoms with Crippen LogP contribution in [-0.4, -0.2) is 48.1 Å². The summed E-state index contributed by atoms with van der Waals surface area (Å²) in [5.74, 6) is -0.309. The monoisotopic (exact) mass is 328 g/mol. The molecule has 1 unspecified atom stereocenters. The van der Waals surface area contributed by atoms with Gasteiger partial charge in [-0.2, -0.15) is 0 Å². The third-order valence-electron chi connectivity index (χ3n) is 4.16. The Bertz CT molecular complexity index is 392. The van der Waals surface area contributed by atoms with E-state index in [-0.39, 0.29) is 23.3 Å². The lowest BCUT2D eigenvalue weighted by Crippen LogP contribution is -2.48. The van der Waals surface area contributed by atoms with E-state index < -0.39 is 5.54 Å². The Balaban J connectivity index is 0.00000232. The summed E-state index contributed by atoms with van der Waals surface area (Å²) < 4.78 is 5.94. The molecule has 1 rings (SSSR count). The number of ether oxygens (including phenoxy) is 1. The molecule has 5 heteroatoms. The molecule has 2 amide bonds. The first kappa shape index (κ1) is 22.1. The third kappa shape index (κ3) is 6.60. The van der Waals surface area contributed by atoms with Crippen LogP contribution in [0.5, 0.6) is 0 Å². The van der Waals surface area contributed by atoms with E-state index in [1.807, 2.05) is 41.7 Å². The van der Waals surface area contributed by atoms with Crippen LogP contribution in [0, 0.1) is 5.92 Å². The normalized spacial score (nSPS) is 19.0. The zero-order chi connectivity index (χ0) is 18.3. The number of rotatable bonds is 8. The van der Waals surface area contributed by atoms with Crippen LogP contribution in [-0.2, 0) is 14.3 Å². The van der Waals surface area contributed by atoms with Crippen molar-refractivity contribution >= 4 is 11.8 Å². The molecule has 1 N–H and O–H groups in total. The standard InChI is InChI=1S/C16H30N2O3.C2H6/c1-12-11-13(19)18(14(12)20)15(2,3)8-10-21-16(4,5)7-9-17-6;1-2/h12,17H,7-11H2,1-6H3;1-2H3. The summed E-state index contributed by atoms with van der Waals surface area (Å²) in [5, 5.41) is 3.11. The maximum atomic E-state index is 12.1. The summed E-state index contributed by atoms with van der Waals surface area (Å²) in [4.78, 5) is 25.6. The molecule has 1 aliphatic rings. The molecule has 1 aliphatic heterocycles. The number of nitrogens with one attached hydrogen (secondary N) is 1. The maximum Gasteiger partial charge on any atom is 0.233 e. The minimum atomic E-state index is -0.488. The van der Waals surface area contributed by atoms with Crippen LogP contribution in [0.25, 0.3) is 0 Å². The van der Waals surface area contributed by atoms with E-state index >= 15 is 0 Å². The molecule has 5 nitrogen and oxygen atoms in total. The molecule has 0 radical (unpaired) electrons. The van der Waals surface area contributed by atoms with Crippen molar-refractivity contribution in [2.45, 2.75) is 78.9 Å². The average molecular weight is 328 g/mol. The number of nitrogens with zero attached hydrogens (tertiary/aromatic N) is 1. The van der Waals surface area contributed by atoms with Gasteiger partial charge >= 0.3 is 0 Å². The van der Waals surface area contributed by atoms with E-state index in [1.165, 1.54) is 4.90 Å². The number of amides is 2. The lowest BCUT2D eigenvalue weighted by molar-refractivity contribution is -0.146. The average Bonchev–Trinajstić information content (AvgIpc) is 2.72. The van der Waals surface area contributed by atoms with Crippen LogP contribution in [0.1, 0.15) is 67.7 Å². The van der Waals surface area contributed by atoms with Crippen molar-refractivity contribution in [3.05, 3.63) is 0 Å². The first-order valence-electron chi connectivity index (χ1n) is 8.76. The van der Waals surface area contributed by atoms with Gasteiger partial charge in [-0.25, -0.2) is 0 Å². The van der Waals surface area contributed by atoms with E-state index in [9.17, 15) is 9.59 Å². The van der Waals surface area contributed by atoms with Gasteiger partial charge in [-0.15, -0.1) is 0 Å². The number of hydrogen-bond donors (Lipinski definition) is 1. The molecule has 23 heavy (non-hydrogen) atoms. The second-order valence-electron chi connectivity index (χ2n) is 7.20. The van der Waals surface area contributed by atoms with Crippen molar-refractivity contribution in [2.24, 2.45) is 5.92 Å². The molecule has 0 spiro atoms. The predicted molar refractivity (Wildman–Crippen MR) is 94.3 cm³/mol. The molecule has 0 aromatic heterocycles. The molecule has 136 valence electrons. The molecule has 1 heterocycles. The quantitative estimate of drug-likeness (QED) is 0.696. The molecule has 0 saturated carbocycles. The molecule has 0 aromatic rings. The molecular formula is C18H36N2O3. The van der Waals surface area contributed by atoms with Crippen molar-refractivity contribution in [3.8, 4) is 0 Å². The highest BCUT2D eigenvalue weighted by Gasteiger charge is 2.43. The molecule has 0 aromatic carbocycles. The van der Waals surface area contributed by atoms with E-state index in [4.69, 9.17) is 4.74 Å². The Hall–Kier alpha value is -0.940.